The van der Waals surface area contributed by atoms with Gasteiger partial charge in [-0.3, -0.25) is 0 Å². The average molecular weight is 279 g/mol. The fraction of sp³-hybridized carbons (Fsp3) is 1.00. The lowest BCUT2D eigenvalue weighted by Gasteiger charge is -2.38. The Morgan fingerprint density at radius 3 is 2.15 bits per heavy atom. The van der Waals surface area contributed by atoms with Crippen LogP contribution in [0.2, 0.25) is 0 Å². The molecule has 0 radical (unpaired) electrons. The molecule has 0 N–H and O–H groups in total. The molecule has 20 heavy (non-hydrogen) atoms. The third-order valence-corrected chi connectivity index (χ3v) is 6.29. The highest BCUT2D eigenvalue weighted by molar-refractivity contribution is 4.82. The lowest BCUT2D eigenvalue weighted by atomic mass is 9.67. The Morgan fingerprint density at radius 2 is 1.45 bits per heavy atom. The minimum absolute atomic E-state index is 1.08. The van der Waals surface area contributed by atoms with Gasteiger partial charge in [-0.2, -0.15) is 0 Å². The molecule has 0 spiro atoms. The first-order valence-corrected chi connectivity index (χ1v) is 9.83. The Bertz CT molecular complexity index is 234. The summed E-state index contributed by atoms with van der Waals surface area (Å²) in [6, 6.07) is 0. The van der Waals surface area contributed by atoms with Crippen LogP contribution in [-0.2, 0) is 0 Å². The van der Waals surface area contributed by atoms with Gasteiger partial charge < -0.3 is 0 Å². The van der Waals surface area contributed by atoms with Crippen LogP contribution in [0.5, 0.6) is 0 Å². The van der Waals surface area contributed by atoms with Crippen molar-refractivity contribution in [2.24, 2.45) is 23.7 Å². The van der Waals surface area contributed by atoms with Gasteiger partial charge in [0.25, 0.3) is 0 Å². The largest absolute Gasteiger partial charge is 0.0654 e. The van der Waals surface area contributed by atoms with Gasteiger partial charge in [0.15, 0.2) is 0 Å². The van der Waals surface area contributed by atoms with E-state index in [2.05, 4.69) is 13.8 Å². The first kappa shape index (κ1) is 16.4. The van der Waals surface area contributed by atoms with E-state index in [1.54, 1.807) is 38.5 Å². The molecule has 0 bridgehead atoms. The summed E-state index contributed by atoms with van der Waals surface area (Å²) in [4.78, 5) is 0. The van der Waals surface area contributed by atoms with Crippen LogP contribution in [0.25, 0.3) is 0 Å². The summed E-state index contributed by atoms with van der Waals surface area (Å²) in [5.74, 6) is 4.39. The van der Waals surface area contributed by atoms with Gasteiger partial charge in [0, 0.05) is 0 Å². The molecule has 118 valence electrons. The second kappa shape index (κ2) is 9.11. The van der Waals surface area contributed by atoms with Crippen LogP contribution >= 0.6 is 0 Å². The molecule has 0 unspecified atom stereocenters. The standard InChI is InChI=1S/C20H38/c1-3-5-6-9-17-12-14-19(15-13-17)20-11-7-10-18(16-20)8-4-2/h17-20H,3-16H2,1-2H3/t17?,18-,19?,20-/m1/s1. The average Bonchev–Trinajstić information content (AvgIpc) is 2.49. The second-order valence-electron chi connectivity index (χ2n) is 7.86. The van der Waals surface area contributed by atoms with E-state index in [1.807, 2.05) is 0 Å². The van der Waals surface area contributed by atoms with E-state index in [-0.39, 0.29) is 0 Å². The van der Waals surface area contributed by atoms with Gasteiger partial charge in [0.2, 0.25) is 0 Å². The van der Waals surface area contributed by atoms with Crippen molar-refractivity contribution in [2.45, 2.75) is 104 Å². The number of hydrogen-bond acceptors (Lipinski definition) is 0. The van der Waals surface area contributed by atoms with E-state index in [1.165, 1.54) is 51.4 Å². The Hall–Kier alpha value is 0. The van der Waals surface area contributed by atoms with Gasteiger partial charge in [-0.05, 0) is 42.9 Å². The number of unbranched alkanes of at least 4 members (excludes halogenated alkanes) is 2. The molecule has 2 saturated carbocycles. The van der Waals surface area contributed by atoms with Gasteiger partial charge in [0.1, 0.15) is 0 Å². The minimum Gasteiger partial charge on any atom is -0.0654 e. The SMILES string of the molecule is CCCCCC1CCC([C@@H]2CCC[C@@H](CCC)C2)CC1. The third kappa shape index (κ3) is 5.08. The van der Waals surface area contributed by atoms with Crippen molar-refractivity contribution in [3.8, 4) is 0 Å². The third-order valence-electron chi connectivity index (χ3n) is 6.29. The van der Waals surface area contributed by atoms with Crippen molar-refractivity contribution in [1.82, 2.24) is 0 Å². The second-order valence-corrected chi connectivity index (χ2v) is 7.86. The summed E-state index contributed by atoms with van der Waals surface area (Å²) in [5.41, 5.74) is 0. The molecule has 0 amide bonds. The Kier molecular flexibility index (Phi) is 7.45. The van der Waals surface area contributed by atoms with Crippen LogP contribution in [0.4, 0.5) is 0 Å². The monoisotopic (exact) mass is 278 g/mol. The molecule has 0 heteroatoms. The topological polar surface area (TPSA) is 0 Å². The molecule has 2 aliphatic rings. The highest BCUT2D eigenvalue weighted by Gasteiger charge is 2.30. The van der Waals surface area contributed by atoms with Crippen LogP contribution in [0, 0.1) is 23.7 Å². The molecule has 2 fully saturated rings. The zero-order valence-corrected chi connectivity index (χ0v) is 14.2. The van der Waals surface area contributed by atoms with E-state index in [0.717, 1.165) is 23.7 Å². The van der Waals surface area contributed by atoms with Crippen LogP contribution in [0.15, 0.2) is 0 Å². The molecule has 2 aliphatic carbocycles. The number of hydrogen-bond donors (Lipinski definition) is 0. The van der Waals surface area contributed by atoms with Crippen LogP contribution in [-0.4, -0.2) is 0 Å². The van der Waals surface area contributed by atoms with E-state index in [4.69, 9.17) is 0 Å². The maximum absolute atomic E-state index is 2.37. The Morgan fingerprint density at radius 1 is 0.650 bits per heavy atom. The van der Waals surface area contributed by atoms with Crippen LogP contribution < -0.4 is 0 Å². The van der Waals surface area contributed by atoms with Crippen LogP contribution in [0.3, 0.4) is 0 Å². The smallest absolute Gasteiger partial charge is 0.0383 e. The molecule has 0 nitrogen and oxygen atoms in total. The van der Waals surface area contributed by atoms with E-state index < -0.39 is 0 Å². The Labute approximate surface area is 128 Å². The summed E-state index contributed by atoms with van der Waals surface area (Å²) >= 11 is 0. The molecule has 2 rings (SSSR count). The Balaban J connectivity index is 1.67. The molecule has 0 aromatic heterocycles. The first-order chi connectivity index (χ1) is 9.83. The zero-order chi connectivity index (χ0) is 14.2. The van der Waals surface area contributed by atoms with E-state index in [9.17, 15) is 0 Å². The molecule has 0 aromatic carbocycles. The predicted molar refractivity (Wildman–Crippen MR) is 89.9 cm³/mol. The van der Waals surface area contributed by atoms with Crippen molar-refractivity contribution < 1.29 is 0 Å². The van der Waals surface area contributed by atoms with Gasteiger partial charge in [-0.15, -0.1) is 0 Å². The summed E-state index contributed by atoms with van der Waals surface area (Å²) in [5, 5.41) is 0. The number of rotatable bonds is 7. The highest BCUT2D eigenvalue weighted by Crippen LogP contribution is 2.43. The molecule has 2 atom stereocenters. The van der Waals surface area contributed by atoms with E-state index >= 15 is 0 Å². The zero-order valence-electron chi connectivity index (χ0n) is 14.2. The van der Waals surface area contributed by atoms with E-state index in [0.29, 0.717) is 0 Å². The lowest BCUT2D eigenvalue weighted by Crippen LogP contribution is -2.26. The van der Waals surface area contributed by atoms with Gasteiger partial charge in [0.05, 0.1) is 0 Å². The van der Waals surface area contributed by atoms with Crippen LogP contribution in [0.1, 0.15) is 104 Å². The molecule has 0 aliphatic heterocycles. The predicted octanol–water partition coefficient (Wildman–Crippen LogP) is 6.98. The summed E-state index contributed by atoms with van der Waals surface area (Å²) in [6.45, 7) is 4.69. The maximum Gasteiger partial charge on any atom is -0.0383 e. The maximum atomic E-state index is 2.37. The molecular formula is C20H38. The van der Waals surface area contributed by atoms with Gasteiger partial charge in [-0.25, -0.2) is 0 Å². The summed E-state index contributed by atoms with van der Waals surface area (Å²) in [7, 11) is 0. The summed E-state index contributed by atoms with van der Waals surface area (Å²) < 4.78 is 0. The van der Waals surface area contributed by atoms with Crippen molar-refractivity contribution in [3.05, 3.63) is 0 Å². The molecular weight excluding hydrogens is 240 g/mol. The first-order valence-electron chi connectivity index (χ1n) is 9.83. The fourth-order valence-electron chi connectivity index (χ4n) is 5.06. The lowest BCUT2D eigenvalue weighted by molar-refractivity contribution is 0.133. The van der Waals surface area contributed by atoms with Crippen molar-refractivity contribution in [2.75, 3.05) is 0 Å². The molecule has 0 heterocycles. The van der Waals surface area contributed by atoms with Gasteiger partial charge >= 0.3 is 0 Å². The molecule has 0 aromatic rings. The highest BCUT2D eigenvalue weighted by atomic mass is 14.4. The summed E-state index contributed by atoms with van der Waals surface area (Å²) in [6.07, 6.45) is 21.2. The van der Waals surface area contributed by atoms with Gasteiger partial charge in [-0.1, -0.05) is 84.5 Å². The van der Waals surface area contributed by atoms with Crippen molar-refractivity contribution in [1.29, 1.82) is 0 Å². The molecule has 0 saturated heterocycles. The van der Waals surface area contributed by atoms with Crippen molar-refractivity contribution >= 4 is 0 Å². The van der Waals surface area contributed by atoms with Crippen molar-refractivity contribution in [3.63, 3.8) is 0 Å². The quantitative estimate of drug-likeness (QED) is 0.441. The fourth-order valence-corrected chi connectivity index (χ4v) is 5.06. The minimum atomic E-state index is 1.08. The normalized spacial score (nSPS) is 35.1.